The van der Waals surface area contributed by atoms with Gasteiger partial charge in [0.2, 0.25) is 0 Å². The van der Waals surface area contributed by atoms with E-state index in [2.05, 4.69) is 44.8 Å². The third-order valence-electron chi connectivity index (χ3n) is 5.41. The van der Waals surface area contributed by atoms with E-state index in [1.165, 1.54) is 0 Å². The zero-order chi connectivity index (χ0) is 18.8. The Bertz CT molecular complexity index is 790. The average Bonchev–Trinajstić information content (AvgIpc) is 2.67. The second-order valence-corrected chi connectivity index (χ2v) is 7.51. The molecular formula is C20H28N6O. The van der Waals surface area contributed by atoms with Crippen molar-refractivity contribution in [3.05, 3.63) is 41.6 Å². The van der Waals surface area contributed by atoms with Crippen LogP contribution in [0.4, 0.5) is 5.82 Å². The van der Waals surface area contributed by atoms with Gasteiger partial charge in [-0.2, -0.15) is 0 Å². The number of aromatic nitrogens is 3. The van der Waals surface area contributed by atoms with E-state index in [9.17, 15) is 0 Å². The molecule has 1 saturated heterocycles. The monoisotopic (exact) mass is 368 g/mol. The fourth-order valence-electron chi connectivity index (χ4n) is 3.88. The first kappa shape index (κ1) is 18.1. The Morgan fingerprint density at radius 1 is 1.22 bits per heavy atom. The lowest BCUT2D eigenvalue weighted by molar-refractivity contribution is 0.154. The van der Waals surface area contributed by atoms with Gasteiger partial charge in [-0.15, -0.1) is 0 Å². The van der Waals surface area contributed by atoms with Gasteiger partial charge in [0.15, 0.2) is 0 Å². The number of aryl methyl sites for hydroxylation is 1. The highest BCUT2D eigenvalue weighted by atomic mass is 16.5. The zero-order valence-electron chi connectivity index (χ0n) is 16.4. The summed E-state index contributed by atoms with van der Waals surface area (Å²) < 4.78 is 5.75. The highest BCUT2D eigenvalue weighted by Gasteiger charge is 2.26. The second-order valence-electron chi connectivity index (χ2n) is 7.51. The molecule has 1 unspecified atom stereocenters. The quantitative estimate of drug-likeness (QED) is 0.817. The van der Waals surface area contributed by atoms with Crippen LogP contribution in [0.2, 0.25) is 0 Å². The molecule has 0 aliphatic carbocycles. The van der Waals surface area contributed by atoms with E-state index < -0.39 is 0 Å². The van der Waals surface area contributed by atoms with Crippen molar-refractivity contribution in [1.29, 1.82) is 0 Å². The van der Waals surface area contributed by atoms with Gasteiger partial charge in [0, 0.05) is 51.4 Å². The highest BCUT2D eigenvalue weighted by molar-refractivity contribution is 5.40. The summed E-state index contributed by atoms with van der Waals surface area (Å²) in [7, 11) is 4.31. The van der Waals surface area contributed by atoms with Crippen LogP contribution < -0.4 is 9.64 Å². The number of pyridine rings is 1. The molecule has 0 amide bonds. The van der Waals surface area contributed by atoms with Crippen molar-refractivity contribution in [1.82, 2.24) is 24.8 Å². The molecule has 2 aliphatic rings. The minimum Gasteiger partial charge on any atom is -0.492 e. The summed E-state index contributed by atoms with van der Waals surface area (Å²) in [6.07, 6.45) is 2.78. The van der Waals surface area contributed by atoms with Crippen LogP contribution in [0.5, 0.6) is 5.75 Å². The van der Waals surface area contributed by atoms with Crippen LogP contribution in [-0.2, 0) is 6.54 Å². The van der Waals surface area contributed by atoms with E-state index in [1.54, 1.807) is 0 Å². The maximum absolute atomic E-state index is 5.75. The summed E-state index contributed by atoms with van der Waals surface area (Å²) in [6.45, 7) is 7.65. The maximum atomic E-state index is 5.75. The molecule has 7 heteroatoms. The summed E-state index contributed by atoms with van der Waals surface area (Å²) in [5.41, 5.74) is 2.08. The Morgan fingerprint density at radius 2 is 2.04 bits per heavy atom. The molecule has 1 fully saturated rings. The van der Waals surface area contributed by atoms with Crippen LogP contribution in [0, 0.1) is 6.92 Å². The molecule has 0 bridgehead atoms. The second kappa shape index (κ2) is 7.78. The molecule has 1 atom stereocenters. The molecule has 0 radical (unpaired) electrons. The Balaban J connectivity index is 1.51. The summed E-state index contributed by atoms with van der Waals surface area (Å²) in [5.74, 6) is 2.78. The van der Waals surface area contributed by atoms with Gasteiger partial charge in [-0.1, -0.05) is 0 Å². The predicted octanol–water partition coefficient (Wildman–Crippen LogP) is 1.89. The van der Waals surface area contributed by atoms with Crippen molar-refractivity contribution < 1.29 is 4.74 Å². The third-order valence-corrected chi connectivity index (χ3v) is 5.41. The molecule has 2 aromatic heterocycles. The van der Waals surface area contributed by atoms with E-state index in [0.29, 0.717) is 0 Å². The molecule has 2 aromatic rings. The first-order valence-corrected chi connectivity index (χ1v) is 9.66. The van der Waals surface area contributed by atoms with E-state index in [-0.39, 0.29) is 6.04 Å². The third kappa shape index (κ3) is 4.04. The largest absolute Gasteiger partial charge is 0.492 e. The first-order valence-electron chi connectivity index (χ1n) is 9.66. The van der Waals surface area contributed by atoms with Crippen molar-refractivity contribution in [3.8, 4) is 5.75 Å². The van der Waals surface area contributed by atoms with Gasteiger partial charge in [-0.05, 0) is 33.2 Å². The molecular weight excluding hydrogens is 340 g/mol. The predicted molar refractivity (Wildman–Crippen MR) is 105 cm³/mol. The fourth-order valence-corrected chi connectivity index (χ4v) is 3.88. The Morgan fingerprint density at radius 3 is 2.85 bits per heavy atom. The average molecular weight is 368 g/mol. The number of ether oxygens (including phenoxy) is 1. The summed E-state index contributed by atoms with van der Waals surface area (Å²) in [5, 5.41) is 0. The molecule has 27 heavy (non-hydrogen) atoms. The lowest BCUT2D eigenvalue weighted by Crippen LogP contribution is -2.45. The van der Waals surface area contributed by atoms with Crippen LogP contribution in [0.1, 0.15) is 29.7 Å². The molecule has 0 aromatic carbocycles. The van der Waals surface area contributed by atoms with Gasteiger partial charge in [-0.3, -0.25) is 9.88 Å². The SMILES string of the molecule is Cc1nc(CN(C)C2CCOc3cccnc32)cc(N2CCN(C)CC2)n1. The van der Waals surface area contributed by atoms with Gasteiger partial charge < -0.3 is 14.5 Å². The maximum Gasteiger partial charge on any atom is 0.142 e. The zero-order valence-corrected chi connectivity index (χ0v) is 16.4. The number of piperazine rings is 1. The number of likely N-dealkylation sites (N-methyl/N-ethyl adjacent to an activating group) is 1. The Labute approximate surface area is 161 Å². The van der Waals surface area contributed by atoms with E-state index >= 15 is 0 Å². The lowest BCUT2D eigenvalue weighted by Gasteiger charge is -2.34. The summed E-state index contributed by atoms with van der Waals surface area (Å²) in [4.78, 5) is 21.0. The van der Waals surface area contributed by atoms with Crippen molar-refractivity contribution in [2.45, 2.75) is 25.9 Å². The van der Waals surface area contributed by atoms with Gasteiger partial charge in [0.25, 0.3) is 0 Å². The molecule has 7 nitrogen and oxygen atoms in total. The van der Waals surface area contributed by atoms with Crippen molar-refractivity contribution in [2.75, 3.05) is 51.8 Å². The summed E-state index contributed by atoms with van der Waals surface area (Å²) >= 11 is 0. The van der Waals surface area contributed by atoms with Gasteiger partial charge in [0.05, 0.1) is 24.0 Å². The van der Waals surface area contributed by atoms with E-state index in [0.717, 1.165) is 74.5 Å². The Kier molecular flexibility index (Phi) is 5.22. The molecule has 144 valence electrons. The smallest absolute Gasteiger partial charge is 0.142 e. The topological polar surface area (TPSA) is 57.6 Å². The molecule has 0 saturated carbocycles. The number of hydrogen-bond acceptors (Lipinski definition) is 7. The van der Waals surface area contributed by atoms with Crippen LogP contribution in [0.25, 0.3) is 0 Å². The van der Waals surface area contributed by atoms with Gasteiger partial charge >= 0.3 is 0 Å². The van der Waals surface area contributed by atoms with Crippen LogP contribution in [0.15, 0.2) is 24.4 Å². The number of nitrogens with zero attached hydrogens (tertiary/aromatic N) is 6. The lowest BCUT2D eigenvalue weighted by atomic mass is 10.0. The molecule has 4 heterocycles. The molecule has 0 N–H and O–H groups in total. The summed E-state index contributed by atoms with van der Waals surface area (Å²) in [6, 6.07) is 6.32. The number of anilines is 1. The highest BCUT2D eigenvalue weighted by Crippen LogP contribution is 2.34. The van der Waals surface area contributed by atoms with Crippen molar-refractivity contribution in [2.24, 2.45) is 0 Å². The van der Waals surface area contributed by atoms with Crippen molar-refractivity contribution >= 4 is 5.82 Å². The minimum atomic E-state index is 0.248. The van der Waals surface area contributed by atoms with Crippen molar-refractivity contribution in [3.63, 3.8) is 0 Å². The molecule has 4 rings (SSSR count). The normalized spacial score (nSPS) is 20.4. The minimum absolute atomic E-state index is 0.248. The molecule has 2 aliphatic heterocycles. The number of hydrogen-bond donors (Lipinski definition) is 0. The number of rotatable bonds is 4. The standard InChI is InChI=1S/C20H28N6O/c1-15-22-16(13-19(23-15)26-10-8-24(2)9-11-26)14-25(3)17-6-12-27-18-5-4-7-21-20(17)18/h4-5,7,13,17H,6,8-12,14H2,1-3H3. The Hall–Kier alpha value is -2.25. The van der Waals surface area contributed by atoms with Crippen LogP contribution in [-0.4, -0.2) is 71.6 Å². The molecule has 0 spiro atoms. The number of fused-ring (bicyclic) bond motifs is 1. The van der Waals surface area contributed by atoms with Crippen LogP contribution in [0.3, 0.4) is 0 Å². The van der Waals surface area contributed by atoms with E-state index in [4.69, 9.17) is 9.72 Å². The first-order chi connectivity index (χ1) is 13.1. The van der Waals surface area contributed by atoms with Gasteiger partial charge in [0.1, 0.15) is 17.4 Å². The van der Waals surface area contributed by atoms with Crippen LogP contribution >= 0.6 is 0 Å². The fraction of sp³-hybridized carbons (Fsp3) is 0.550. The van der Waals surface area contributed by atoms with E-state index in [1.807, 2.05) is 25.3 Å². The van der Waals surface area contributed by atoms with Gasteiger partial charge in [-0.25, -0.2) is 9.97 Å².